The van der Waals surface area contributed by atoms with Gasteiger partial charge in [0.25, 0.3) is 0 Å². The van der Waals surface area contributed by atoms with Crippen LogP contribution in [0.5, 0.6) is 0 Å². The van der Waals surface area contributed by atoms with Crippen molar-refractivity contribution in [3.63, 3.8) is 0 Å². The van der Waals surface area contributed by atoms with Crippen LogP contribution in [0, 0.1) is 0 Å². The van der Waals surface area contributed by atoms with Gasteiger partial charge in [0.15, 0.2) is 0 Å². The van der Waals surface area contributed by atoms with Crippen molar-refractivity contribution in [3.05, 3.63) is 17.0 Å². The van der Waals surface area contributed by atoms with Gasteiger partial charge in [0.2, 0.25) is 0 Å². The lowest BCUT2D eigenvalue weighted by Crippen LogP contribution is -2.11. The van der Waals surface area contributed by atoms with Gasteiger partial charge in [-0.1, -0.05) is 0 Å². The first-order valence-electron chi connectivity index (χ1n) is 4.07. The van der Waals surface area contributed by atoms with Crippen LogP contribution < -0.4 is 5.32 Å². The Morgan fingerprint density at radius 2 is 2.31 bits per heavy atom. The molecule has 0 fully saturated rings. The number of carbonyl (C=O) groups excluding carboxylic acids is 1. The summed E-state index contributed by atoms with van der Waals surface area (Å²) in [5.74, 6) is -0.288. The Labute approximate surface area is 81.7 Å². The van der Waals surface area contributed by atoms with E-state index in [9.17, 15) is 4.79 Å². The third kappa shape index (κ3) is 2.45. The molecule has 72 valence electrons. The maximum absolute atomic E-state index is 11.2. The molecule has 1 aromatic rings. The monoisotopic (exact) mass is 199 g/mol. The molecule has 0 spiro atoms. The zero-order valence-electron chi connectivity index (χ0n) is 7.96. The molecule has 0 aliphatic heterocycles. The third-order valence-corrected chi connectivity index (χ3v) is 2.34. The molecular weight excluding hydrogens is 186 g/mol. The molecule has 13 heavy (non-hydrogen) atoms. The predicted octanol–water partition coefficient (Wildman–Crippen LogP) is 2.36. The molecule has 0 amide bonds. The topological polar surface area (TPSA) is 38.3 Å². The fraction of sp³-hybridized carbons (Fsp3) is 0.444. The Balaban J connectivity index is 2.83. The summed E-state index contributed by atoms with van der Waals surface area (Å²) in [7, 11) is 1.39. The fourth-order valence-corrected chi connectivity index (χ4v) is 1.88. The highest BCUT2D eigenvalue weighted by molar-refractivity contribution is 7.14. The van der Waals surface area contributed by atoms with Crippen LogP contribution in [0.3, 0.4) is 0 Å². The van der Waals surface area contributed by atoms with Gasteiger partial charge in [-0.2, -0.15) is 0 Å². The summed E-state index contributed by atoms with van der Waals surface area (Å²) in [6.45, 7) is 4.06. The Hall–Kier alpha value is -1.03. The lowest BCUT2D eigenvalue weighted by Gasteiger charge is -2.08. The number of ether oxygens (including phenoxy) is 1. The van der Waals surface area contributed by atoms with E-state index in [1.165, 1.54) is 18.4 Å². The number of anilines is 1. The smallest absolute Gasteiger partial charge is 0.340 e. The van der Waals surface area contributed by atoms with E-state index in [4.69, 9.17) is 0 Å². The number of carbonyl (C=O) groups is 1. The molecule has 0 atom stereocenters. The van der Waals surface area contributed by atoms with E-state index >= 15 is 0 Å². The highest BCUT2D eigenvalue weighted by Crippen LogP contribution is 2.24. The number of hydrogen-bond donors (Lipinski definition) is 1. The Morgan fingerprint density at radius 3 is 2.85 bits per heavy atom. The third-order valence-electron chi connectivity index (χ3n) is 1.49. The second-order valence-electron chi connectivity index (χ2n) is 2.95. The minimum atomic E-state index is -0.288. The van der Waals surface area contributed by atoms with Gasteiger partial charge in [0.1, 0.15) is 5.00 Å². The highest BCUT2D eigenvalue weighted by atomic mass is 32.1. The minimum Gasteiger partial charge on any atom is -0.465 e. The van der Waals surface area contributed by atoms with Gasteiger partial charge in [-0.15, -0.1) is 11.3 Å². The molecule has 0 bridgehead atoms. The molecule has 0 unspecified atom stereocenters. The molecule has 0 saturated heterocycles. The molecule has 0 saturated carbocycles. The van der Waals surface area contributed by atoms with Crippen LogP contribution in [-0.4, -0.2) is 19.1 Å². The first kappa shape index (κ1) is 10.1. The summed E-state index contributed by atoms with van der Waals surface area (Å²) in [4.78, 5) is 11.2. The normalized spacial score (nSPS) is 10.2. The summed E-state index contributed by atoms with van der Waals surface area (Å²) in [6.07, 6.45) is 0. The zero-order valence-corrected chi connectivity index (χ0v) is 8.77. The molecule has 0 aliphatic carbocycles. The zero-order chi connectivity index (χ0) is 9.84. The van der Waals surface area contributed by atoms with Crippen molar-refractivity contribution in [2.75, 3.05) is 12.4 Å². The summed E-state index contributed by atoms with van der Waals surface area (Å²) < 4.78 is 4.64. The largest absolute Gasteiger partial charge is 0.465 e. The van der Waals surface area contributed by atoms with E-state index in [2.05, 4.69) is 10.1 Å². The second-order valence-corrected chi connectivity index (χ2v) is 3.87. The number of rotatable bonds is 3. The average molecular weight is 199 g/mol. The van der Waals surface area contributed by atoms with Gasteiger partial charge in [-0.05, 0) is 25.3 Å². The molecule has 0 aromatic carbocycles. The molecule has 1 heterocycles. The van der Waals surface area contributed by atoms with E-state index in [1.807, 2.05) is 19.2 Å². The van der Waals surface area contributed by atoms with Crippen LogP contribution in [0.1, 0.15) is 24.2 Å². The van der Waals surface area contributed by atoms with Crippen molar-refractivity contribution in [2.45, 2.75) is 19.9 Å². The van der Waals surface area contributed by atoms with Crippen molar-refractivity contribution in [1.82, 2.24) is 0 Å². The summed E-state index contributed by atoms with van der Waals surface area (Å²) in [5, 5.41) is 5.93. The van der Waals surface area contributed by atoms with Crippen LogP contribution in [0.25, 0.3) is 0 Å². The second kappa shape index (κ2) is 4.28. The molecule has 1 N–H and O–H groups in total. The summed E-state index contributed by atoms with van der Waals surface area (Å²) in [6, 6.07) is 2.09. The van der Waals surface area contributed by atoms with Gasteiger partial charge < -0.3 is 10.1 Å². The number of nitrogens with one attached hydrogen (secondary N) is 1. The number of esters is 1. The summed E-state index contributed by atoms with van der Waals surface area (Å²) >= 11 is 1.51. The van der Waals surface area contributed by atoms with Crippen molar-refractivity contribution < 1.29 is 9.53 Å². The van der Waals surface area contributed by atoms with Crippen LogP contribution in [0.4, 0.5) is 5.00 Å². The predicted molar refractivity (Wildman–Crippen MR) is 54.4 cm³/mol. The molecule has 1 aromatic heterocycles. The number of methoxy groups -OCH3 is 1. The maximum atomic E-state index is 11.2. The average Bonchev–Trinajstić information content (AvgIpc) is 2.50. The van der Waals surface area contributed by atoms with Crippen LogP contribution in [-0.2, 0) is 4.74 Å². The van der Waals surface area contributed by atoms with Gasteiger partial charge in [-0.25, -0.2) is 4.79 Å². The van der Waals surface area contributed by atoms with Crippen LogP contribution in [0.15, 0.2) is 11.4 Å². The first-order chi connectivity index (χ1) is 6.15. The molecule has 1 rings (SSSR count). The standard InChI is InChI=1S/C9H13NO2S/c1-6(2)10-8-7(4-5-13-8)9(11)12-3/h4-6,10H,1-3H3. The lowest BCUT2D eigenvalue weighted by molar-refractivity contribution is 0.0602. The van der Waals surface area contributed by atoms with Gasteiger partial charge in [0.05, 0.1) is 12.7 Å². The fourth-order valence-electron chi connectivity index (χ4n) is 0.954. The molecule has 3 nitrogen and oxygen atoms in total. The van der Waals surface area contributed by atoms with E-state index < -0.39 is 0 Å². The van der Waals surface area contributed by atoms with E-state index in [0.29, 0.717) is 11.6 Å². The number of hydrogen-bond acceptors (Lipinski definition) is 4. The van der Waals surface area contributed by atoms with Crippen LogP contribution in [0.2, 0.25) is 0 Å². The van der Waals surface area contributed by atoms with Crippen molar-refractivity contribution >= 4 is 22.3 Å². The van der Waals surface area contributed by atoms with Crippen molar-refractivity contribution in [3.8, 4) is 0 Å². The van der Waals surface area contributed by atoms with E-state index in [1.54, 1.807) is 6.07 Å². The SMILES string of the molecule is COC(=O)c1ccsc1NC(C)C. The Morgan fingerprint density at radius 1 is 1.62 bits per heavy atom. The molecule has 0 aliphatic rings. The Bertz CT molecular complexity index is 294. The quantitative estimate of drug-likeness (QED) is 0.759. The van der Waals surface area contributed by atoms with E-state index in [-0.39, 0.29) is 5.97 Å². The Kier molecular flexibility index (Phi) is 3.31. The lowest BCUT2D eigenvalue weighted by atomic mass is 10.3. The molecule has 0 radical (unpaired) electrons. The van der Waals surface area contributed by atoms with Crippen LogP contribution >= 0.6 is 11.3 Å². The summed E-state index contributed by atoms with van der Waals surface area (Å²) in [5.41, 5.74) is 0.612. The first-order valence-corrected chi connectivity index (χ1v) is 4.95. The maximum Gasteiger partial charge on any atom is 0.340 e. The van der Waals surface area contributed by atoms with Crippen molar-refractivity contribution in [2.24, 2.45) is 0 Å². The van der Waals surface area contributed by atoms with Gasteiger partial charge >= 0.3 is 5.97 Å². The molecular formula is C9H13NO2S. The highest BCUT2D eigenvalue weighted by Gasteiger charge is 2.13. The van der Waals surface area contributed by atoms with E-state index in [0.717, 1.165) is 5.00 Å². The van der Waals surface area contributed by atoms with Gasteiger partial charge in [0, 0.05) is 6.04 Å². The minimum absolute atomic E-state index is 0.288. The number of thiophene rings is 1. The molecule has 4 heteroatoms. The van der Waals surface area contributed by atoms with Gasteiger partial charge in [-0.3, -0.25) is 0 Å². The van der Waals surface area contributed by atoms with Crippen molar-refractivity contribution in [1.29, 1.82) is 0 Å².